The molecular weight excluding hydrogens is 382 g/mol. The first-order valence-electron chi connectivity index (χ1n) is 9.39. The van der Waals surface area contributed by atoms with E-state index >= 15 is 0 Å². The van der Waals surface area contributed by atoms with E-state index in [2.05, 4.69) is 15.6 Å². The van der Waals surface area contributed by atoms with Gasteiger partial charge in [-0.1, -0.05) is 12.1 Å². The highest BCUT2D eigenvalue weighted by Gasteiger charge is 2.10. The highest BCUT2D eigenvalue weighted by Crippen LogP contribution is 2.31. The summed E-state index contributed by atoms with van der Waals surface area (Å²) >= 11 is 0. The number of anilines is 1. The van der Waals surface area contributed by atoms with Gasteiger partial charge in [0.2, 0.25) is 5.91 Å². The molecule has 1 heterocycles. The van der Waals surface area contributed by atoms with Crippen LogP contribution in [0.3, 0.4) is 0 Å². The number of methoxy groups -OCH3 is 1. The Morgan fingerprint density at radius 3 is 2.33 bits per heavy atom. The summed E-state index contributed by atoms with van der Waals surface area (Å²) in [6.45, 7) is 2.24. The highest BCUT2D eigenvalue weighted by atomic mass is 16.5. The summed E-state index contributed by atoms with van der Waals surface area (Å²) in [5.41, 5.74) is 2.99. The first-order chi connectivity index (χ1) is 14.5. The molecule has 0 radical (unpaired) electrons. The molecule has 2 N–H and O–H groups in total. The molecule has 3 aromatic rings. The summed E-state index contributed by atoms with van der Waals surface area (Å²) in [4.78, 5) is 27.6. The fourth-order valence-electron chi connectivity index (χ4n) is 2.71. The number of pyridine rings is 1. The maximum Gasteiger partial charge on any atom is 0.255 e. The van der Waals surface area contributed by atoms with Crippen LogP contribution in [0.1, 0.15) is 28.4 Å². The van der Waals surface area contributed by atoms with Crippen LogP contribution in [0.4, 0.5) is 5.69 Å². The first-order valence-corrected chi connectivity index (χ1v) is 9.39. The second kappa shape index (κ2) is 10.1. The fraction of sp³-hybridized carbons (Fsp3) is 0.174. The third-order valence-electron chi connectivity index (χ3n) is 4.32. The molecule has 3 rings (SSSR count). The summed E-state index contributed by atoms with van der Waals surface area (Å²) in [7, 11) is 1.56. The minimum absolute atomic E-state index is 0.0988. The van der Waals surface area contributed by atoms with Gasteiger partial charge in [-0.3, -0.25) is 14.6 Å². The van der Waals surface area contributed by atoms with Gasteiger partial charge in [0.1, 0.15) is 6.61 Å². The molecule has 2 amide bonds. The Balaban J connectivity index is 1.66. The molecule has 0 aliphatic heterocycles. The number of carbonyl (C=O) groups excluding carboxylic acids is 2. The number of nitrogens with one attached hydrogen (secondary N) is 2. The van der Waals surface area contributed by atoms with Crippen molar-refractivity contribution in [1.29, 1.82) is 0 Å². The summed E-state index contributed by atoms with van der Waals surface area (Å²) in [5.74, 6) is 0.756. The van der Waals surface area contributed by atoms with Crippen molar-refractivity contribution in [3.8, 4) is 11.5 Å². The van der Waals surface area contributed by atoms with Crippen LogP contribution < -0.4 is 20.1 Å². The van der Waals surface area contributed by atoms with Crippen molar-refractivity contribution in [1.82, 2.24) is 10.3 Å². The molecule has 154 valence electrons. The van der Waals surface area contributed by atoms with Crippen LogP contribution in [-0.2, 0) is 17.9 Å². The molecule has 7 heteroatoms. The maximum atomic E-state index is 12.6. The lowest BCUT2D eigenvalue weighted by atomic mass is 10.1. The van der Waals surface area contributed by atoms with E-state index in [0.717, 1.165) is 11.1 Å². The van der Waals surface area contributed by atoms with Crippen LogP contribution in [0.25, 0.3) is 0 Å². The van der Waals surface area contributed by atoms with E-state index in [1.165, 1.54) is 6.92 Å². The third kappa shape index (κ3) is 5.81. The third-order valence-corrected chi connectivity index (χ3v) is 4.32. The topological polar surface area (TPSA) is 89.6 Å². The minimum atomic E-state index is -0.244. The molecule has 0 aliphatic carbocycles. The van der Waals surface area contributed by atoms with E-state index in [0.29, 0.717) is 35.9 Å². The van der Waals surface area contributed by atoms with Gasteiger partial charge in [-0.05, 0) is 47.5 Å². The molecule has 7 nitrogen and oxygen atoms in total. The number of hydrogen-bond acceptors (Lipinski definition) is 5. The van der Waals surface area contributed by atoms with Gasteiger partial charge in [-0.2, -0.15) is 0 Å². The Morgan fingerprint density at radius 1 is 0.933 bits per heavy atom. The number of benzene rings is 2. The van der Waals surface area contributed by atoms with E-state index in [1.807, 2.05) is 24.3 Å². The van der Waals surface area contributed by atoms with E-state index in [-0.39, 0.29) is 11.8 Å². The van der Waals surface area contributed by atoms with E-state index in [1.54, 1.807) is 49.8 Å². The quantitative estimate of drug-likeness (QED) is 0.598. The standard InChI is InChI=1S/C23H23N3O4/c1-16(27)25-14-17-3-5-19(6-4-17)23(28)26-20-7-8-21(29-2)22(13-20)30-15-18-9-11-24-12-10-18/h3-13H,14-15H2,1-2H3,(H,25,27)(H,26,28). The van der Waals surface area contributed by atoms with Crippen LogP contribution in [0, 0.1) is 0 Å². The Bertz CT molecular complexity index is 1000. The van der Waals surface area contributed by atoms with Crippen molar-refractivity contribution in [2.45, 2.75) is 20.1 Å². The van der Waals surface area contributed by atoms with Gasteiger partial charge in [0, 0.05) is 43.2 Å². The maximum absolute atomic E-state index is 12.6. The van der Waals surface area contributed by atoms with Crippen LogP contribution in [-0.4, -0.2) is 23.9 Å². The number of ether oxygens (including phenoxy) is 2. The lowest BCUT2D eigenvalue weighted by molar-refractivity contribution is -0.119. The second-order valence-electron chi connectivity index (χ2n) is 6.57. The smallest absolute Gasteiger partial charge is 0.255 e. The average molecular weight is 405 g/mol. The summed E-state index contributed by atoms with van der Waals surface area (Å²) in [6, 6.07) is 16.0. The Hall–Kier alpha value is -3.87. The Morgan fingerprint density at radius 2 is 1.67 bits per heavy atom. The molecule has 0 atom stereocenters. The van der Waals surface area contributed by atoms with Gasteiger partial charge in [0.25, 0.3) is 5.91 Å². The molecular formula is C23H23N3O4. The van der Waals surface area contributed by atoms with E-state index in [4.69, 9.17) is 9.47 Å². The number of nitrogens with zero attached hydrogens (tertiary/aromatic N) is 1. The van der Waals surface area contributed by atoms with Crippen molar-refractivity contribution < 1.29 is 19.1 Å². The highest BCUT2D eigenvalue weighted by molar-refractivity contribution is 6.04. The van der Waals surface area contributed by atoms with Crippen LogP contribution in [0.15, 0.2) is 67.0 Å². The summed E-state index contributed by atoms with van der Waals surface area (Å²) < 4.78 is 11.2. The SMILES string of the molecule is COc1ccc(NC(=O)c2ccc(CNC(C)=O)cc2)cc1OCc1ccncc1. The number of carbonyl (C=O) groups is 2. The molecule has 0 bridgehead atoms. The fourth-order valence-corrected chi connectivity index (χ4v) is 2.71. The van der Waals surface area contributed by atoms with Gasteiger partial charge in [-0.15, -0.1) is 0 Å². The van der Waals surface area contributed by atoms with Crippen molar-refractivity contribution in [3.05, 3.63) is 83.7 Å². The largest absolute Gasteiger partial charge is 0.493 e. The van der Waals surface area contributed by atoms with Gasteiger partial charge in [0.15, 0.2) is 11.5 Å². The first kappa shape index (κ1) is 20.9. The average Bonchev–Trinajstić information content (AvgIpc) is 2.77. The lowest BCUT2D eigenvalue weighted by Gasteiger charge is -2.13. The molecule has 2 aromatic carbocycles. The minimum Gasteiger partial charge on any atom is -0.493 e. The van der Waals surface area contributed by atoms with E-state index in [9.17, 15) is 9.59 Å². The molecule has 0 fully saturated rings. The zero-order valence-corrected chi connectivity index (χ0v) is 16.8. The number of amides is 2. The van der Waals surface area contributed by atoms with Gasteiger partial charge >= 0.3 is 0 Å². The normalized spacial score (nSPS) is 10.2. The predicted octanol–water partition coefficient (Wildman–Crippen LogP) is 3.56. The molecule has 1 aromatic heterocycles. The number of hydrogen-bond donors (Lipinski definition) is 2. The van der Waals surface area contributed by atoms with Crippen molar-refractivity contribution in [2.24, 2.45) is 0 Å². The van der Waals surface area contributed by atoms with Gasteiger partial charge in [-0.25, -0.2) is 0 Å². The Kier molecular flexibility index (Phi) is 7.00. The number of aromatic nitrogens is 1. The molecule has 0 saturated carbocycles. The van der Waals surface area contributed by atoms with Crippen LogP contribution >= 0.6 is 0 Å². The Labute approximate surface area is 175 Å². The van der Waals surface area contributed by atoms with Crippen LogP contribution in [0.2, 0.25) is 0 Å². The van der Waals surface area contributed by atoms with Crippen molar-refractivity contribution >= 4 is 17.5 Å². The molecule has 0 unspecified atom stereocenters. The molecule has 30 heavy (non-hydrogen) atoms. The van der Waals surface area contributed by atoms with E-state index < -0.39 is 0 Å². The van der Waals surface area contributed by atoms with Crippen molar-refractivity contribution in [2.75, 3.05) is 12.4 Å². The van der Waals surface area contributed by atoms with Gasteiger partial charge < -0.3 is 20.1 Å². The van der Waals surface area contributed by atoms with Crippen molar-refractivity contribution in [3.63, 3.8) is 0 Å². The number of rotatable bonds is 8. The second-order valence-corrected chi connectivity index (χ2v) is 6.57. The van der Waals surface area contributed by atoms with Gasteiger partial charge in [0.05, 0.1) is 7.11 Å². The summed E-state index contributed by atoms with van der Waals surface area (Å²) in [5, 5.41) is 5.59. The summed E-state index contributed by atoms with van der Waals surface area (Å²) in [6.07, 6.45) is 3.40. The zero-order chi connectivity index (χ0) is 21.3. The monoisotopic (exact) mass is 405 g/mol. The zero-order valence-electron chi connectivity index (χ0n) is 16.8. The lowest BCUT2D eigenvalue weighted by Crippen LogP contribution is -2.19. The predicted molar refractivity (Wildman–Crippen MR) is 113 cm³/mol. The molecule has 0 saturated heterocycles. The molecule has 0 spiro atoms. The molecule has 0 aliphatic rings. The van der Waals surface area contributed by atoms with Crippen LogP contribution in [0.5, 0.6) is 11.5 Å².